The number of hydrogen-bond donors (Lipinski definition) is 1. The van der Waals surface area contributed by atoms with Crippen LogP contribution in [0.4, 0.5) is 5.95 Å². The molecule has 0 aliphatic rings. The van der Waals surface area contributed by atoms with E-state index in [1.165, 1.54) is 0 Å². The van der Waals surface area contributed by atoms with Gasteiger partial charge in [-0.2, -0.15) is 9.97 Å². The van der Waals surface area contributed by atoms with Gasteiger partial charge in [-0.1, -0.05) is 27.7 Å². The van der Waals surface area contributed by atoms with Crippen molar-refractivity contribution in [2.24, 2.45) is 5.41 Å². The van der Waals surface area contributed by atoms with Crippen molar-refractivity contribution in [2.75, 3.05) is 18.9 Å². The summed E-state index contributed by atoms with van der Waals surface area (Å²) in [6, 6.07) is 0.438. The van der Waals surface area contributed by atoms with Crippen LogP contribution >= 0.6 is 0 Å². The molecule has 0 amide bonds. The first kappa shape index (κ1) is 14.5. The monoisotopic (exact) mass is 254 g/mol. The van der Waals surface area contributed by atoms with E-state index in [2.05, 4.69) is 35.7 Å². The summed E-state index contributed by atoms with van der Waals surface area (Å²) < 4.78 is 10.8. The van der Waals surface area contributed by atoms with Gasteiger partial charge in [0.05, 0.1) is 13.2 Å². The summed E-state index contributed by atoms with van der Waals surface area (Å²) in [4.78, 5) is 11.8. The molecule has 1 aromatic heterocycles. The van der Waals surface area contributed by atoms with Gasteiger partial charge in [0.15, 0.2) is 0 Å². The summed E-state index contributed by atoms with van der Waals surface area (Å²) in [6.07, 6.45) is 1.79. The fourth-order valence-corrected chi connectivity index (χ4v) is 1.12. The van der Waals surface area contributed by atoms with Crippen molar-refractivity contribution in [3.63, 3.8) is 0 Å². The number of nitrogens with two attached hydrogens (primary N) is 1. The molecule has 18 heavy (non-hydrogen) atoms. The first-order chi connectivity index (χ1) is 8.40. The normalized spacial score (nSPS) is 11.3. The molecule has 102 valence electrons. The second kappa shape index (κ2) is 6.37. The minimum absolute atomic E-state index is 0.113. The number of anilines is 1. The number of nitrogen functional groups attached to an aromatic ring is 1. The van der Waals surface area contributed by atoms with Gasteiger partial charge in [-0.25, -0.2) is 0 Å². The lowest BCUT2D eigenvalue weighted by atomic mass is 9.93. The Bertz CT molecular complexity index is 377. The number of rotatable bonds is 6. The standard InChI is InChI=1S/C12H22N4O2/c1-5-7-17-10-14-9(13)15-11(16-10)18-8-6-12(2,3)4/h5-8H2,1-4H3,(H2,13,14,15,16). The molecule has 6 heteroatoms. The molecule has 0 fully saturated rings. The lowest BCUT2D eigenvalue weighted by Gasteiger charge is -2.17. The fourth-order valence-electron chi connectivity index (χ4n) is 1.12. The molecular weight excluding hydrogens is 232 g/mol. The highest BCUT2D eigenvalue weighted by molar-refractivity contribution is 5.20. The Labute approximate surface area is 108 Å². The number of aromatic nitrogens is 3. The van der Waals surface area contributed by atoms with Crippen LogP contribution in [0.1, 0.15) is 40.5 Å². The Hall–Kier alpha value is -1.59. The van der Waals surface area contributed by atoms with Gasteiger partial charge in [0.1, 0.15) is 0 Å². The van der Waals surface area contributed by atoms with E-state index in [-0.39, 0.29) is 23.4 Å². The zero-order valence-electron chi connectivity index (χ0n) is 11.6. The molecule has 0 saturated heterocycles. The maximum Gasteiger partial charge on any atom is 0.324 e. The van der Waals surface area contributed by atoms with Gasteiger partial charge in [-0.15, -0.1) is 4.98 Å². The van der Waals surface area contributed by atoms with Crippen LogP contribution in [-0.4, -0.2) is 28.2 Å². The van der Waals surface area contributed by atoms with E-state index in [9.17, 15) is 0 Å². The maximum absolute atomic E-state index is 5.57. The summed E-state index contributed by atoms with van der Waals surface area (Å²) in [7, 11) is 0. The first-order valence-corrected chi connectivity index (χ1v) is 6.18. The molecule has 0 bridgehead atoms. The van der Waals surface area contributed by atoms with Crippen molar-refractivity contribution in [3.05, 3.63) is 0 Å². The van der Waals surface area contributed by atoms with E-state index in [4.69, 9.17) is 15.2 Å². The van der Waals surface area contributed by atoms with E-state index in [0.29, 0.717) is 13.2 Å². The molecule has 1 heterocycles. The van der Waals surface area contributed by atoms with Crippen LogP contribution in [0.15, 0.2) is 0 Å². The summed E-state index contributed by atoms with van der Waals surface area (Å²) >= 11 is 0. The zero-order valence-corrected chi connectivity index (χ0v) is 11.6. The summed E-state index contributed by atoms with van der Waals surface area (Å²) in [6.45, 7) is 9.53. The lowest BCUT2D eigenvalue weighted by molar-refractivity contribution is 0.221. The molecule has 0 aromatic carbocycles. The van der Waals surface area contributed by atoms with E-state index in [1.807, 2.05) is 6.92 Å². The van der Waals surface area contributed by atoms with Gasteiger partial charge in [-0.3, -0.25) is 0 Å². The third kappa shape index (κ3) is 5.65. The van der Waals surface area contributed by atoms with Crippen LogP contribution in [0, 0.1) is 5.41 Å². The predicted octanol–water partition coefficient (Wildman–Crippen LogP) is 2.06. The number of ether oxygens (including phenoxy) is 2. The fraction of sp³-hybridized carbons (Fsp3) is 0.750. The molecule has 2 N–H and O–H groups in total. The lowest BCUT2D eigenvalue weighted by Crippen LogP contribution is -2.13. The molecule has 1 aromatic rings. The van der Waals surface area contributed by atoms with E-state index >= 15 is 0 Å². The van der Waals surface area contributed by atoms with Crippen LogP contribution in [0.25, 0.3) is 0 Å². The molecule has 0 spiro atoms. The highest BCUT2D eigenvalue weighted by atomic mass is 16.5. The molecule has 0 unspecified atom stereocenters. The minimum Gasteiger partial charge on any atom is -0.463 e. The van der Waals surface area contributed by atoms with E-state index in [0.717, 1.165) is 12.8 Å². The van der Waals surface area contributed by atoms with Crippen LogP contribution < -0.4 is 15.2 Å². The molecule has 1 rings (SSSR count). The summed E-state index contributed by atoms with van der Waals surface area (Å²) in [5.74, 6) is 0.113. The third-order valence-corrected chi connectivity index (χ3v) is 2.13. The third-order valence-electron chi connectivity index (χ3n) is 2.13. The van der Waals surface area contributed by atoms with Crippen molar-refractivity contribution < 1.29 is 9.47 Å². The largest absolute Gasteiger partial charge is 0.463 e. The first-order valence-electron chi connectivity index (χ1n) is 6.18. The van der Waals surface area contributed by atoms with E-state index < -0.39 is 0 Å². The van der Waals surface area contributed by atoms with Crippen molar-refractivity contribution in [2.45, 2.75) is 40.5 Å². The predicted molar refractivity (Wildman–Crippen MR) is 69.6 cm³/mol. The van der Waals surface area contributed by atoms with Crippen molar-refractivity contribution in [1.29, 1.82) is 0 Å². The van der Waals surface area contributed by atoms with Gasteiger partial charge in [0.25, 0.3) is 0 Å². The second-order valence-electron chi connectivity index (χ2n) is 5.27. The minimum atomic E-state index is 0.113. The van der Waals surface area contributed by atoms with Crippen molar-refractivity contribution in [1.82, 2.24) is 15.0 Å². The Balaban J connectivity index is 2.57. The second-order valence-corrected chi connectivity index (χ2v) is 5.27. The van der Waals surface area contributed by atoms with E-state index in [1.54, 1.807) is 0 Å². The van der Waals surface area contributed by atoms with Gasteiger partial charge in [-0.05, 0) is 18.3 Å². The summed E-state index contributed by atoms with van der Waals surface area (Å²) in [5, 5.41) is 0. The average Bonchev–Trinajstić information content (AvgIpc) is 2.24. The highest BCUT2D eigenvalue weighted by Gasteiger charge is 2.12. The SMILES string of the molecule is CCCOc1nc(N)nc(OCCC(C)(C)C)n1. The molecular formula is C12H22N4O2. The van der Waals surface area contributed by atoms with Crippen molar-refractivity contribution in [3.8, 4) is 12.0 Å². The topological polar surface area (TPSA) is 83.2 Å². The molecule has 0 aliphatic heterocycles. The summed E-state index contributed by atoms with van der Waals surface area (Å²) in [5.41, 5.74) is 5.77. The number of hydrogen-bond acceptors (Lipinski definition) is 6. The molecule has 0 atom stereocenters. The molecule has 6 nitrogen and oxygen atoms in total. The van der Waals surface area contributed by atoms with Crippen LogP contribution in [0.3, 0.4) is 0 Å². The van der Waals surface area contributed by atoms with Crippen LogP contribution in [0.2, 0.25) is 0 Å². The smallest absolute Gasteiger partial charge is 0.324 e. The number of nitrogens with zero attached hydrogens (tertiary/aromatic N) is 3. The average molecular weight is 254 g/mol. The Morgan fingerprint density at radius 1 is 1.00 bits per heavy atom. The van der Waals surface area contributed by atoms with Gasteiger partial charge in [0.2, 0.25) is 5.95 Å². The quantitative estimate of drug-likeness (QED) is 0.836. The van der Waals surface area contributed by atoms with Gasteiger partial charge < -0.3 is 15.2 Å². The Kier molecular flexibility index (Phi) is 5.12. The molecule has 0 aliphatic carbocycles. The van der Waals surface area contributed by atoms with Crippen molar-refractivity contribution >= 4 is 5.95 Å². The molecule has 0 saturated carbocycles. The van der Waals surface area contributed by atoms with Crippen LogP contribution in [0.5, 0.6) is 12.0 Å². The Morgan fingerprint density at radius 3 is 2.06 bits per heavy atom. The highest BCUT2D eigenvalue weighted by Crippen LogP contribution is 2.19. The van der Waals surface area contributed by atoms with Crippen LogP contribution in [-0.2, 0) is 0 Å². The van der Waals surface area contributed by atoms with Gasteiger partial charge in [0, 0.05) is 0 Å². The van der Waals surface area contributed by atoms with Gasteiger partial charge >= 0.3 is 12.0 Å². The maximum atomic E-state index is 5.57. The molecule has 0 radical (unpaired) electrons. The zero-order chi connectivity index (χ0) is 13.6. The Morgan fingerprint density at radius 2 is 1.56 bits per heavy atom.